The lowest BCUT2D eigenvalue weighted by Crippen LogP contribution is -2.35. The van der Waals surface area contributed by atoms with Gasteiger partial charge in [0.1, 0.15) is 5.75 Å². The average molecular weight is 250 g/mol. The summed E-state index contributed by atoms with van der Waals surface area (Å²) in [6, 6.07) is 7.64. The number of hydrogen-bond acceptors (Lipinski definition) is 3. The Balaban J connectivity index is 2.48. The molecule has 1 aromatic rings. The molecule has 1 amide bonds. The van der Waals surface area contributed by atoms with Gasteiger partial charge in [-0.2, -0.15) is 0 Å². The van der Waals surface area contributed by atoms with Gasteiger partial charge in [0.15, 0.2) is 6.61 Å². The first-order valence-electron chi connectivity index (χ1n) is 6.30. The molecule has 0 bridgehead atoms. The van der Waals surface area contributed by atoms with E-state index in [1.807, 2.05) is 45.0 Å². The van der Waals surface area contributed by atoms with Crippen LogP contribution >= 0.6 is 0 Å². The number of benzene rings is 1. The molecule has 0 saturated carbocycles. The summed E-state index contributed by atoms with van der Waals surface area (Å²) in [5.41, 5.74) is 6.78. The Morgan fingerprint density at radius 3 is 2.78 bits per heavy atom. The van der Waals surface area contributed by atoms with Gasteiger partial charge in [0, 0.05) is 12.1 Å². The van der Waals surface area contributed by atoms with Crippen molar-refractivity contribution >= 4 is 5.91 Å². The van der Waals surface area contributed by atoms with E-state index in [-0.39, 0.29) is 24.6 Å². The summed E-state index contributed by atoms with van der Waals surface area (Å²) in [5.74, 6) is 0.569. The van der Waals surface area contributed by atoms with Crippen LogP contribution < -0.4 is 15.8 Å². The highest BCUT2D eigenvalue weighted by atomic mass is 16.5. The van der Waals surface area contributed by atoms with Gasteiger partial charge in [-0.1, -0.05) is 19.1 Å². The van der Waals surface area contributed by atoms with Gasteiger partial charge in [-0.25, -0.2) is 0 Å². The van der Waals surface area contributed by atoms with E-state index in [9.17, 15) is 4.79 Å². The second-order valence-electron chi connectivity index (χ2n) is 4.53. The number of amides is 1. The lowest BCUT2D eigenvalue weighted by atomic mass is 10.1. The molecular formula is C14H22N2O2. The van der Waals surface area contributed by atoms with Crippen LogP contribution in [0.4, 0.5) is 0 Å². The van der Waals surface area contributed by atoms with Crippen LogP contribution in [-0.2, 0) is 4.79 Å². The van der Waals surface area contributed by atoms with Crippen LogP contribution in [0, 0.1) is 0 Å². The van der Waals surface area contributed by atoms with E-state index in [1.165, 1.54) is 0 Å². The molecule has 4 heteroatoms. The maximum absolute atomic E-state index is 11.5. The summed E-state index contributed by atoms with van der Waals surface area (Å²) < 4.78 is 5.44. The number of rotatable bonds is 6. The molecule has 0 aliphatic heterocycles. The SMILES string of the molecule is CCC(C)NC(=O)COc1cccc([C@H](C)N)c1. The Kier molecular flexibility index (Phi) is 5.65. The fraction of sp³-hybridized carbons (Fsp3) is 0.500. The Bertz CT molecular complexity index is 391. The molecule has 1 unspecified atom stereocenters. The number of nitrogens with one attached hydrogen (secondary N) is 1. The summed E-state index contributed by atoms with van der Waals surface area (Å²) in [6.45, 7) is 5.94. The quantitative estimate of drug-likeness (QED) is 0.811. The Hall–Kier alpha value is -1.55. The minimum Gasteiger partial charge on any atom is -0.484 e. The lowest BCUT2D eigenvalue weighted by molar-refractivity contribution is -0.123. The van der Waals surface area contributed by atoms with Crippen molar-refractivity contribution in [2.24, 2.45) is 5.73 Å². The average Bonchev–Trinajstić information content (AvgIpc) is 2.36. The third-order valence-electron chi connectivity index (χ3n) is 2.77. The first-order valence-corrected chi connectivity index (χ1v) is 6.30. The predicted octanol–water partition coefficient (Wildman–Crippen LogP) is 2.00. The number of hydrogen-bond donors (Lipinski definition) is 2. The van der Waals surface area contributed by atoms with E-state index >= 15 is 0 Å². The molecule has 0 aromatic heterocycles. The molecule has 3 N–H and O–H groups in total. The van der Waals surface area contributed by atoms with Crippen LogP contribution in [0.25, 0.3) is 0 Å². The third-order valence-corrected chi connectivity index (χ3v) is 2.77. The number of nitrogens with two attached hydrogens (primary N) is 1. The van der Waals surface area contributed by atoms with Gasteiger partial charge >= 0.3 is 0 Å². The van der Waals surface area contributed by atoms with Gasteiger partial charge in [0.05, 0.1) is 0 Å². The van der Waals surface area contributed by atoms with Crippen molar-refractivity contribution in [3.63, 3.8) is 0 Å². The molecule has 1 aromatic carbocycles. The van der Waals surface area contributed by atoms with E-state index < -0.39 is 0 Å². The molecule has 18 heavy (non-hydrogen) atoms. The van der Waals surface area contributed by atoms with Crippen LogP contribution in [0.1, 0.15) is 38.8 Å². The highest BCUT2D eigenvalue weighted by Crippen LogP contribution is 2.17. The van der Waals surface area contributed by atoms with E-state index in [0.29, 0.717) is 5.75 Å². The number of carbonyl (C=O) groups excluding carboxylic acids is 1. The van der Waals surface area contributed by atoms with Gasteiger partial charge in [-0.05, 0) is 38.0 Å². The number of carbonyl (C=O) groups is 1. The molecule has 100 valence electrons. The van der Waals surface area contributed by atoms with Crippen molar-refractivity contribution in [1.82, 2.24) is 5.32 Å². The van der Waals surface area contributed by atoms with Crippen LogP contribution in [0.5, 0.6) is 5.75 Å². The zero-order valence-electron chi connectivity index (χ0n) is 11.3. The van der Waals surface area contributed by atoms with Crippen molar-refractivity contribution in [1.29, 1.82) is 0 Å². The summed E-state index contributed by atoms with van der Waals surface area (Å²) in [7, 11) is 0. The molecule has 0 saturated heterocycles. The zero-order chi connectivity index (χ0) is 13.5. The smallest absolute Gasteiger partial charge is 0.258 e. The van der Waals surface area contributed by atoms with Crippen molar-refractivity contribution in [2.75, 3.05) is 6.61 Å². The van der Waals surface area contributed by atoms with E-state index in [2.05, 4.69) is 5.32 Å². The fourth-order valence-corrected chi connectivity index (χ4v) is 1.45. The summed E-state index contributed by atoms with van der Waals surface area (Å²) in [6.07, 6.45) is 0.909. The van der Waals surface area contributed by atoms with E-state index in [1.54, 1.807) is 0 Å². The minimum absolute atomic E-state index is 0.0345. The van der Waals surface area contributed by atoms with Gasteiger partial charge in [-0.15, -0.1) is 0 Å². The highest BCUT2D eigenvalue weighted by molar-refractivity contribution is 5.77. The molecule has 0 fully saturated rings. The highest BCUT2D eigenvalue weighted by Gasteiger charge is 2.07. The summed E-state index contributed by atoms with van der Waals surface area (Å²) in [5, 5.41) is 2.85. The van der Waals surface area contributed by atoms with Crippen molar-refractivity contribution in [2.45, 2.75) is 39.3 Å². The third kappa shape index (κ3) is 4.75. The largest absolute Gasteiger partial charge is 0.484 e. The Morgan fingerprint density at radius 1 is 1.44 bits per heavy atom. The van der Waals surface area contributed by atoms with Gasteiger partial charge < -0.3 is 15.8 Å². The van der Waals surface area contributed by atoms with E-state index in [0.717, 1.165) is 12.0 Å². The summed E-state index contributed by atoms with van der Waals surface area (Å²) >= 11 is 0. The monoisotopic (exact) mass is 250 g/mol. The van der Waals surface area contributed by atoms with Crippen molar-refractivity contribution in [3.8, 4) is 5.75 Å². The maximum Gasteiger partial charge on any atom is 0.258 e. The first kappa shape index (κ1) is 14.5. The number of ether oxygens (including phenoxy) is 1. The lowest BCUT2D eigenvalue weighted by Gasteiger charge is -2.13. The van der Waals surface area contributed by atoms with Crippen LogP contribution in [0.2, 0.25) is 0 Å². The molecule has 4 nitrogen and oxygen atoms in total. The fourth-order valence-electron chi connectivity index (χ4n) is 1.45. The minimum atomic E-state index is -0.101. The molecule has 0 radical (unpaired) electrons. The molecule has 0 spiro atoms. The van der Waals surface area contributed by atoms with Crippen LogP contribution in [0.3, 0.4) is 0 Å². The Morgan fingerprint density at radius 2 is 2.17 bits per heavy atom. The topological polar surface area (TPSA) is 64.3 Å². The normalized spacial score (nSPS) is 13.8. The molecule has 0 heterocycles. The van der Waals surface area contributed by atoms with Gasteiger partial charge in [0.25, 0.3) is 5.91 Å². The molecule has 2 atom stereocenters. The van der Waals surface area contributed by atoms with Gasteiger partial charge in [0.2, 0.25) is 0 Å². The van der Waals surface area contributed by atoms with Crippen LogP contribution in [0.15, 0.2) is 24.3 Å². The summed E-state index contributed by atoms with van der Waals surface area (Å²) in [4.78, 5) is 11.5. The Labute approximate surface area is 109 Å². The molecule has 0 aliphatic carbocycles. The predicted molar refractivity (Wildman–Crippen MR) is 72.4 cm³/mol. The molecule has 1 rings (SSSR count). The molecule has 0 aliphatic rings. The zero-order valence-corrected chi connectivity index (χ0v) is 11.3. The van der Waals surface area contributed by atoms with Gasteiger partial charge in [-0.3, -0.25) is 4.79 Å². The standard InChI is InChI=1S/C14H22N2O2/c1-4-10(2)16-14(17)9-18-13-7-5-6-12(8-13)11(3)15/h5-8,10-11H,4,9,15H2,1-3H3,(H,16,17)/t10?,11-/m0/s1. The first-order chi connectivity index (χ1) is 8.52. The molecular weight excluding hydrogens is 228 g/mol. The maximum atomic E-state index is 11.5. The van der Waals surface area contributed by atoms with E-state index in [4.69, 9.17) is 10.5 Å². The second-order valence-corrected chi connectivity index (χ2v) is 4.53. The van der Waals surface area contributed by atoms with Crippen molar-refractivity contribution < 1.29 is 9.53 Å². The second kappa shape index (κ2) is 7.01. The van der Waals surface area contributed by atoms with Crippen LogP contribution in [-0.4, -0.2) is 18.6 Å². The van der Waals surface area contributed by atoms with Crippen molar-refractivity contribution in [3.05, 3.63) is 29.8 Å².